The van der Waals surface area contributed by atoms with Crippen molar-refractivity contribution in [2.75, 3.05) is 0 Å². The third kappa shape index (κ3) is 4.46. The van der Waals surface area contributed by atoms with Gasteiger partial charge < -0.3 is 10.3 Å². The lowest BCUT2D eigenvalue weighted by Gasteiger charge is -2.40. The van der Waals surface area contributed by atoms with E-state index in [1.165, 1.54) is 0 Å². The smallest absolute Gasteiger partial charge is 0.310 e. The Morgan fingerprint density at radius 2 is 1.58 bits per heavy atom. The van der Waals surface area contributed by atoms with Crippen molar-refractivity contribution in [1.29, 1.82) is 0 Å². The van der Waals surface area contributed by atoms with Crippen LogP contribution in [0.15, 0.2) is 70.4 Å². The summed E-state index contributed by atoms with van der Waals surface area (Å²) in [6, 6.07) is 12.2. The minimum Gasteiger partial charge on any atom is -0.341 e. The minimum atomic E-state index is -9.77. The van der Waals surface area contributed by atoms with E-state index in [-0.39, 0.29) is 17.1 Å². The molecule has 2 aromatic carbocycles. The molecule has 2 N–H and O–H groups in total. The summed E-state index contributed by atoms with van der Waals surface area (Å²) in [7, 11) is -9.77. The van der Waals surface area contributed by atoms with Crippen molar-refractivity contribution in [3.8, 4) is 11.4 Å². The Kier molecular flexibility index (Phi) is 4.18. The van der Waals surface area contributed by atoms with Crippen molar-refractivity contribution >= 4 is 16.1 Å². The van der Waals surface area contributed by atoms with Crippen molar-refractivity contribution in [3.63, 3.8) is 0 Å². The molecule has 5 nitrogen and oxygen atoms in total. The van der Waals surface area contributed by atoms with Gasteiger partial charge in [-0.05, 0) is 30.5 Å². The summed E-state index contributed by atoms with van der Waals surface area (Å²) in [6.45, 7) is 0. The van der Waals surface area contributed by atoms with E-state index in [9.17, 15) is 29.0 Å². The van der Waals surface area contributed by atoms with Gasteiger partial charge in [-0.25, -0.2) is 4.98 Å². The number of aromatic nitrogens is 2. The summed E-state index contributed by atoms with van der Waals surface area (Å²) in [6.07, 6.45) is 0.812. The van der Waals surface area contributed by atoms with Gasteiger partial charge in [0.1, 0.15) is 16.4 Å². The van der Waals surface area contributed by atoms with Gasteiger partial charge in [0.05, 0.1) is 5.54 Å². The zero-order valence-electron chi connectivity index (χ0n) is 15.7. The maximum atomic E-state index is 12.9. The first-order valence-corrected chi connectivity index (χ1v) is 11.0. The van der Waals surface area contributed by atoms with Gasteiger partial charge in [-0.3, -0.25) is 9.59 Å². The molecule has 4 rings (SSSR count). The Balaban J connectivity index is 1.60. The number of hydrogen-bond donors (Lipinski definition) is 2. The van der Waals surface area contributed by atoms with Crippen LogP contribution in [0.4, 0.5) is 19.4 Å². The summed E-state index contributed by atoms with van der Waals surface area (Å²) >= 11 is 0. The molecule has 0 unspecified atom stereocenters. The molecule has 1 aliphatic carbocycles. The van der Waals surface area contributed by atoms with Gasteiger partial charge in [-0.15, -0.1) is 0 Å². The molecule has 31 heavy (non-hydrogen) atoms. The highest BCUT2D eigenvalue weighted by Gasteiger charge is 2.65. The second-order valence-electron chi connectivity index (χ2n) is 7.37. The van der Waals surface area contributed by atoms with Gasteiger partial charge in [-0.1, -0.05) is 61.9 Å². The molecular formula is C20H16F5N3O2S. The first-order valence-electron chi connectivity index (χ1n) is 9.10. The van der Waals surface area contributed by atoms with E-state index < -0.39 is 32.1 Å². The lowest BCUT2D eigenvalue weighted by atomic mass is 10.0. The van der Waals surface area contributed by atoms with E-state index in [4.69, 9.17) is 0 Å². The van der Waals surface area contributed by atoms with Crippen molar-refractivity contribution in [1.82, 2.24) is 15.3 Å². The molecule has 1 aliphatic rings. The van der Waals surface area contributed by atoms with Crippen LogP contribution in [0.25, 0.3) is 11.4 Å². The van der Waals surface area contributed by atoms with Gasteiger partial charge in [0.15, 0.2) is 0 Å². The second kappa shape index (κ2) is 6.16. The van der Waals surface area contributed by atoms with Crippen molar-refractivity contribution in [2.45, 2.75) is 23.3 Å². The first kappa shape index (κ1) is 21.0. The molecule has 0 bridgehead atoms. The summed E-state index contributed by atoms with van der Waals surface area (Å²) in [5, 5.41) is 2.67. The Morgan fingerprint density at radius 3 is 2.13 bits per heavy atom. The SMILES string of the molecule is O=C(NC1(c2ccc(S(F)(F)(F)(F)F)cc2)CC1)c1cc(=O)[nH]c(-c2ccccc2)n1. The van der Waals surface area contributed by atoms with Crippen molar-refractivity contribution in [3.05, 3.63) is 82.3 Å². The number of nitrogens with zero attached hydrogens (tertiary/aromatic N) is 1. The Morgan fingerprint density at radius 1 is 0.968 bits per heavy atom. The van der Waals surface area contributed by atoms with Crippen LogP contribution in [-0.2, 0) is 5.54 Å². The molecule has 1 saturated carbocycles. The summed E-state index contributed by atoms with van der Waals surface area (Å²) in [5.74, 6) is -0.513. The molecule has 0 saturated heterocycles. The number of nitrogens with one attached hydrogen (secondary N) is 2. The first-order chi connectivity index (χ1) is 14.3. The summed E-state index contributed by atoms with van der Waals surface area (Å²) < 4.78 is 64.6. The number of benzene rings is 2. The molecule has 11 heteroatoms. The van der Waals surface area contributed by atoms with E-state index in [0.717, 1.165) is 18.2 Å². The Labute approximate surface area is 173 Å². The van der Waals surface area contributed by atoms with Crippen LogP contribution < -0.4 is 10.9 Å². The number of hydrogen-bond acceptors (Lipinski definition) is 3. The van der Waals surface area contributed by atoms with Gasteiger partial charge in [0, 0.05) is 11.6 Å². The highest BCUT2D eigenvalue weighted by molar-refractivity contribution is 8.45. The van der Waals surface area contributed by atoms with Gasteiger partial charge in [0.2, 0.25) is 0 Å². The highest BCUT2D eigenvalue weighted by atomic mass is 32.5. The number of amides is 1. The van der Waals surface area contributed by atoms with Crippen LogP contribution >= 0.6 is 10.2 Å². The number of rotatable bonds is 5. The quantitative estimate of drug-likeness (QED) is 0.496. The minimum absolute atomic E-state index is 0.169. The van der Waals surface area contributed by atoms with Gasteiger partial charge in [0.25, 0.3) is 11.5 Å². The molecule has 1 aromatic heterocycles. The van der Waals surface area contributed by atoms with Crippen LogP contribution in [0.1, 0.15) is 28.9 Å². The second-order valence-corrected chi connectivity index (χ2v) is 9.78. The fourth-order valence-corrected chi connectivity index (χ4v) is 3.88. The number of halogens is 5. The van der Waals surface area contributed by atoms with Gasteiger partial charge in [-0.2, -0.15) is 0 Å². The molecule has 164 valence electrons. The van der Waals surface area contributed by atoms with E-state index in [1.54, 1.807) is 30.3 Å². The van der Waals surface area contributed by atoms with E-state index >= 15 is 0 Å². The third-order valence-electron chi connectivity index (χ3n) is 4.98. The molecule has 3 aromatic rings. The predicted molar refractivity (Wildman–Crippen MR) is 107 cm³/mol. The summed E-state index contributed by atoms with van der Waals surface area (Å²) in [4.78, 5) is 29.4. The number of carbonyl (C=O) groups excluding carboxylic acids is 1. The number of H-pyrrole nitrogens is 1. The van der Waals surface area contributed by atoms with Crippen molar-refractivity contribution in [2.24, 2.45) is 0 Å². The monoisotopic (exact) mass is 457 g/mol. The molecule has 0 aliphatic heterocycles. The standard InChI is InChI=1S/C20H16F5N3O2S/c21-31(22,23,24,25)15-8-6-14(7-9-15)20(10-11-20)28-19(30)16-12-17(29)27-18(26-16)13-4-2-1-3-5-13/h1-9,12H,10-11H2,(H,28,30)(H,26,27,29). The predicted octanol–water partition coefficient (Wildman–Crippen LogP) is 5.51. The number of aromatic amines is 1. The maximum Gasteiger partial charge on any atom is 0.310 e. The molecule has 1 fully saturated rings. The zero-order valence-corrected chi connectivity index (χ0v) is 16.6. The molecule has 1 heterocycles. The van der Waals surface area contributed by atoms with Crippen LogP contribution in [0.3, 0.4) is 0 Å². The van der Waals surface area contributed by atoms with Crippen molar-refractivity contribution < 1.29 is 24.2 Å². The fourth-order valence-electron chi connectivity index (χ4n) is 3.23. The topological polar surface area (TPSA) is 74.8 Å². The Bertz CT molecular complexity index is 1220. The largest absolute Gasteiger partial charge is 0.341 e. The molecule has 0 radical (unpaired) electrons. The van der Waals surface area contributed by atoms with Crippen LogP contribution in [-0.4, -0.2) is 15.9 Å². The molecular weight excluding hydrogens is 441 g/mol. The molecule has 0 atom stereocenters. The van der Waals surface area contributed by atoms with Gasteiger partial charge >= 0.3 is 10.2 Å². The molecule has 1 amide bonds. The lowest BCUT2D eigenvalue weighted by Crippen LogP contribution is -2.36. The van der Waals surface area contributed by atoms with Crippen LogP contribution in [0.2, 0.25) is 0 Å². The lowest BCUT2D eigenvalue weighted by molar-refractivity contribution is 0.0925. The highest BCUT2D eigenvalue weighted by Crippen LogP contribution is 3.02. The maximum absolute atomic E-state index is 12.9. The van der Waals surface area contributed by atoms with Crippen LogP contribution in [0, 0.1) is 0 Å². The van der Waals surface area contributed by atoms with E-state index in [2.05, 4.69) is 15.3 Å². The summed E-state index contributed by atoms with van der Waals surface area (Å²) in [5.41, 5.74) is -0.868. The molecule has 0 spiro atoms. The average Bonchev–Trinajstić information content (AvgIpc) is 3.47. The Hall–Kier alpha value is -3.21. The zero-order chi connectivity index (χ0) is 22.6. The van der Waals surface area contributed by atoms with Crippen LogP contribution in [0.5, 0.6) is 0 Å². The number of carbonyl (C=O) groups is 1. The average molecular weight is 457 g/mol. The van der Waals surface area contributed by atoms with E-state index in [1.807, 2.05) is 0 Å². The third-order valence-corrected chi connectivity index (χ3v) is 6.14. The van der Waals surface area contributed by atoms with E-state index in [0.29, 0.717) is 30.5 Å². The normalized spacial score (nSPS) is 17.3. The fraction of sp³-hybridized carbons (Fsp3) is 0.150.